The molecule has 1 unspecified atom stereocenters. The first-order chi connectivity index (χ1) is 12.0. The molecule has 0 aliphatic rings. The van der Waals surface area contributed by atoms with Gasteiger partial charge in [-0.2, -0.15) is 0 Å². The third-order valence-electron chi connectivity index (χ3n) is 3.66. The van der Waals surface area contributed by atoms with Gasteiger partial charge in [-0.05, 0) is 55.9 Å². The minimum atomic E-state index is -1.25. The lowest BCUT2D eigenvalue weighted by Gasteiger charge is -2.11. The van der Waals surface area contributed by atoms with Crippen LogP contribution in [0.3, 0.4) is 0 Å². The van der Waals surface area contributed by atoms with Crippen LogP contribution in [-0.2, 0) is 20.7 Å². The molecule has 0 aliphatic carbocycles. The van der Waals surface area contributed by atoms with Crippen molar-refractivity contribution >= 4 is 28.1 Å². The molecule has 0 aliphatic heterocycles. The van der Waals surface area contributed by atoms with E-state index in [1.807, 2.05) is 6.07 Å². The lowest BCUT2D eigenvalue weighted by molar-refractivity contribution is -0.139. The number of fused-ring (bicyclic) bond motifs is 1. The maximum Gasteiger partial charge on any atom is 0.341 e. The summed E-state index contributed by atoms with van der Waals surface area (Å²) in [5, 5.41) is 0.715. The fraction of sp³-hybridized carbons (Fsp3) is 0.368. The van der Waals surface area contributed by atoms with E-state index in [9.17, 15) is 14.1 Å². The fourth-order valence-electron chi connectivity index (χ4n) is 2.36. The summed E-state index contributed by atoms with van der Waals surface area (Å²) in [4.78, 5) is 23.4. The SMILES string of the molecule is C=C(C)C(=O)OCCCCCC[S+]([O-])c1cc(=O)oc2ccccc12. The van der Waals surface area contributed by atoms with Gasteiger partial charge in [0.05, 0.1) is 18.1 Å². The molecule has 0 N–H and O–H groups in total. The second-order valence-electron chi connectivity index (χ2n) is 5.81. The van der Waals surface area contributed by atoms with E-state index in [1.54, 1.807) is 25.1 Å². The zero-order valence-electron chi connectivity index (χ0n) is 14.3. The van der Waals surface area contributed by atoms with Crippen molar-refractivity contribution in [3.63, 3.8) is 0 Å². The summed E-state index contributed by atoms with van der Waals surface area (Å²) in [7, 11) is 0. The first-order valence-electron chi connectivity index (χ1n) is 8.23. The largest absolute Gasteiger partial charge is 0.611 e. The molecule has 0 amide bonds. The molecule has 1 atom stereocenters. The first-order valence-corrected chi connectivity index (χ1v) is 9.55. The monoisotopic (exact) mass is 362 g/mol. The zero-order valence-corrected chi connectivity index (χ0v) is 15.1. The van der Waals surface area contributed by atoms with Gasteiger partial charge < -0.3 is 13.7 Å². The molecule has 0 spiro atoms. The van der Waals surface area contributed by atoms with E-state index in [-0.39, 0.29) is 5.97 Å². The number of ether oxygens (including phenoxy) is 1. The van der Waals surface area contributed by atoms with Crippen LogP contribution in [0, 0.1) is 0 Å². The van der Waals surface area contributed by atoms with Gasteiger partial charge in [-0.25, -0.2) is 9.59 Å². The van der Waals surface area contributed by atoms with Crippen molar-refractivity contribution in [2.75, 3.05) is 12.4 Å². The van der Waals surface area contributed by atoms with Crippen molar-refractivity contribution in [1.82, 2.24) is 0 Å². The van der Waals surface area contributed by atoms with E-state index < -0.39 is 16.8 Å². The topological polar surface area (TPSA) is 79.6 Å². The van der Waals surface area contributed by atoms with Gasteiger partial charge in [0.1, 0.15) is 11.3 Å². The van der Waals surface area contributed by atoms with Gasteiger partial charge in [0.15, 0.2) is 4.90 Å². The molecule has 0 radical (unpaired) electrons. The van der Waals surface area contributed by atoms with Crippen LogP contribution in [0.4, 0.5) is 0 Å². The minimum Gasteiger partial charge on any atom is -0.611 e. The minimum absolute atomic E-state index is 0.365. The molecule has 5 nitrogen and oxygen atoms in total. The van der Waals surface area contributed by atoms with Crippen LogP contribution in [0.2, 0.25) is 0 Å². The van der Waals surface area contributed by atoms with E-state index in [1.165, 1.54) is 6.07 Å². The summed E-state index contributed by atoms with van der Waals surface area (Å²) in [6, 6.07) is 8.43. The molecule has 2 aromatic rings. The summed E-state index contributed by atoms with van der Waals surface area (Å²) in [6.45, 7) is 5.51. The van der Waals surface area contributed by atoms with Gasteiger partial charge in [-0.1, -0.05) is 18.7 Å². The number of benzene rings is 1. The summed E-state index contributed by atoms with van der Waals surface area (Å²) in [5.41, 5.74) is 0.369. The van der Waals surface area contributed by atoms with Crippen molar-refractivity contribution < 1.29 is 18.5 Å². The Morgan fingerprint density at radius 3 is 2.72 bits per heavy atom. The summed E-state index contributed by atoms with van der Waals surface area (Å²) in [5.74, 6) is 0.120. The Balaban J connectivity index is 1.78. The van der Waals surface area contributed by atoms with Crippen molar-refractivity contribution in [2.45, 2.75) is 37.5 Å². The molecule has 0 saturated carbocycles. The Morgan fingerprint density at radius 1 is 1.24 bits per heavy atom. The lowest BCUT2D eigenvalue weighted by Crippen LogP contribution is -2.11. The van der Waals surface area contributed by atoms with Crippen molar-refractivity contribution in [1.29, 1.82) is 0 Å². The molecule has 134 valence electrons. The molecule has 0 bridgehead atoms. The van der Waals surface area contributed by atoms with Crippen LogP contribution in [0.1, 0.15) is 32.6 Å². The number of esters is 1. The number of rotatable bonds is 9. The predicted octanol–water partition coefficient (Wildman–Crippen LogP) is 3.58. The van der Waals surface area contributed by atoms with Crippen molar-refractivity contribution in [3.05, 3.63) is 52.9 Å². The maximum absolute atomic E-state index is 12.5. The molecular formula is C19H22O5S. The molecule has 25 heavy (non-hydrogen) atoms. The van der Waals surface area contributed by atoms with Crippen LogP contribution < -0.4 is 5.63 Å². The Kier molecular flexibility index (Phi) is 7.28. The van der Waals surface area contributed by atoms with Crippen LogP contribution in [-0.4, -0.2) is 22.9 Å². The predicted molar refractivity (Wildman–Crippen MR) is 98.0 cm³/mol. The van der Waals surface area contributed by atoms with Crippen LogP contribution in [0.25, 0.3) is 11.0 Å². The van der Waals surface area contributed by atoms with E-state index in [4.69, 9.17) is 9.15 Å². The van der Waals surface area contributed by atoms with Crippen molar-refractivity contribution in [2.24, 2.45) is 0 Å². The van der Waals surface area contributed by atoms with Gasteiger partial charge in [-0.3, -0.25) is 0 Å². The number of hydrogen-bond donors (Lipinski definition) is 0. The van der Waals surface area contributed by atoms with Crippen LogP contribution in [0.15, 0.2) is 56.6 Å². The number of para-hydroxylation sites is 1. The highest BCUT2D eigenvalue weighted by atomic mass is 32.2. The average molecular weight is 362 g/mol. The second kappa shape index (κ2) is 9.44. The third kappa shape index (κ3) is 5.76. The Bertz CT molecular complexity index is 796. The second-order valence-corrected chi connectivity index (χ2v) is 7.35. The fourth-order valence-corrected chi connectivity index (χ4v) is 3.68. The Labute approximate surface area is 149 Å². The lowest BCUT2D eigenvalue weighted by atomic mass is 10.2. The van der Waals surface area contributed by atoms with Gasteiger partial charge in [0.25, 0.3) is 0 Å². The molecule has 1 heterocycles. The molecule has 0 fully saturated rings. The Morgan fingerprint density at radius 2 is 1.96 bits per heavy atom. The summed E-state index contributed by atoms with van der Waals surface area (Å²) >= 11 is -1.25. The highest BCUT2D eigenvalue weighted by Crippen LogP contribution is 2.22. The molecule has 6 heteroatoms. The van der Waals surface area contributed by atoms with Gasteiger partial charge in [-0.15, -0.1) is 0 Å². The van der Waals surface area contributed by atoms with E-state index >= 15 is 0 Å². The molecule has 1 aromatic carbocycles. The van der Waals surface area contributed by atoms with Crippen LogP contribution >= 0.6 is 0 Å². The molecular weight excluding hydrogens is 340 g/mol. The number of carbonyl (C=O) groups is 1. The van der Waals surface area contributed by atoms with Gasteiger partial charge in [0.2, 0.25) is 0 Å². The van der Waals surface area contributed by atoms with Crippen LogP contribution in [0.5, 0.6) is 0 Å². The highest BCUT2D eigenvalue weighted by molar-refractivity contribution is 7.91. The number of unbranched alkanes of at least 4 members (excludes halogenated alkanes) is 3. The van der Waals surface area contributed by atoms with E-state index in [0.29, 0.717) is 33.8 Å². The number of carbonyl (C=O) groups excluding carboxylic acids is 1. The normalized spacial score (nSPS) is 12.1. The van der Waals surface area contributed by atoms with Gasteiger partial charge in [0, 0.05) is 5.57 Å². The quantitative estimate of drug-likeness (QED) is 0.224. The van der Waals surface area contributed by atoms with Crippen molar-refractivity contribution in [3.8, 4) is 0 Å². The molecule has 2 rings (SSSR count). The average Bonchev–Trinajstić information content (AvgIpc) is 2.59. The third-order valence-corrected chi connectivity index (χ3v) is 5.15. The smallest absolute Gasteiger partial charge is 0.341 e. The zero-order chi connectivity index (χ0) is 18.2. The standard InChI is InChI=1S/C19H22O5S/c1-14(2)19(21)23-11-7-3-4-8-12-25(22)17-13-18(20)24-16-10-6-5-9-15(16)17/h5-6,9-10,13H,1,3-4,7-8,11-12H2,2H3. The molecule has 1 aromatic heterocycles. The Hall–Kier alpha value is -2.05. The van der Waals surface area contributed by atoms with Gasteiger partial charge >= 0.3 is 11.6 Å². The molecule has 0 saturated heterocycles. The summed E-state index contributed by atoms with van der Waals surface area (Å²) < 4.78 is 22.7. The first kappa shape index (κ1) is 19.3. The highest BCUT2D eigenvalue weighted by Gasteiger charge is 2.17. The summed E-state index contributed by atoms with van der Waals surface area (Å²) in [6.07, 6.45) is 3.31. The number of hydrogen-bond acceptors (Lipinski definition) is 5. The van der Waals surface area contributed by atoms with E-state index in [0.717, 1.165) is 25.7 Å². The van der Waals surface area contributed by atoms with E-state index in [2.05, 4.69) is 6.58 Å². The maximum atomic E-state index is 12.5.